The Morgan fingerprint density at radius 3 is 2.24 bits per heavy atom. The zero-order valence-electron chi connectivity index (χ0n) is 11.8. The van der Waals surface area contributed by atoms with Crippen molar-refractivity contribution < 1.29 is 13.5 Å². The van der Waals surface area contributed by atoms with Gasteiger partial charge in [0.05, 0.1) is 0 Å². The Morgan fingerprint density at radius 1 is 1.05 bits per heavy atom. The van der Waals surface area contributed by atoms with E-state index < -0.39 is 11.6 Å². The number of nitrogens with one attached hydrogen (secondary N) is 1. The lowest BCUT2D eigenvalue weighted by atomic mass is 10.2. The fraction of sp³-hybridized carbons (Fsp3) is 0.250. The molecule has 0 aliphatic rings. The highest BCUT2D eigenvalue weighted by Gasteiger charge is 2.10. The molecule has 0 aliphatic carbocycles. The molecule has 2 aromatic carbocycles. The first-order valence-corrected chi connectivity index (χ1v) is 7.39. The summed E-state index contributed by atoms with van der Waals surface area (Å²) >= 11 is 3.16. The molecule has 2 aromatic rings. The molecule has 0 saturated carbocycles. The Balaban J connectivity index is 2.13. The number of ether oxygens (including phenoxy) is 1. The highest BCUT2D eigenvalue weighted by molar-refractivity contribution is 9.10. The van der Waals surface area contributed by atoms with Crippen molar-refractivity contribution >= 4 is 15.9 Å². The molecule has 21 heavy (non-hydrogen) atoms. The smallest absolute Gasteiger partial charge is 0.166 e. The van der Waals surface area contributed by atoms with Gasteiger partial charge in [-0.25, -0.2) is 8.78 Å². The summed E-state index contributed by atoms with van der Waals surface area (Å²) in [4.78, 5) is 0. The molecule has 0 aliphatic heterocycles. The van der Waals surface area contributed by atoms with E-state index in [1.54, 1.807) is 12.1 Å². The fourth-order valence-electron chi connectivity index (χ4n) is 1.74. The monoisotopic (exact) mass is 355 g/mol. The second-order valence-electron chi connectivity index (χ2n) is 4.98. The van der Waals surface area contributed by atoms with Crippen LogP contribution in [0, 0.1) is 11.6 Å². The molecule has 0 saturated heterocycles. The van der Waals surface area contributed by atoms with Gasteiger partial charge in [-0.05, 0) is 35.9 Å². The molecule has 0 spiro atoms. The zero-order chi connectivity index (χ0) is 15.4. The van der Waals surface area contributed by atoms with E-state index >= 15 is 0 Å². The van der Waals surface area contributed by atoms with Crippen molar-refractivity contribution in [3.8, 4) is 11.5 Å². The minimum atomic E-state index is -0.547. The first-order valence-electron chi connectivity index (χ1n) is 6.60. The van der Waals surface area contributed by atoms with Gasteiger partial charge in [0.25, 0.3) is 0 Å². The minimum absolute atomic E-state index is 0.00418. The van der Waals surface area contributed by atoms with E-state index in [-0.39, 0.29) is 11.5 Å². The van der Waals surface area contributed by atoms with Crippen LogP contribution in [-0.4, -0.2) is 6.04 Å². The van der Waals surface area contributed by atoms with E-state index in [0.717, 1.165) is 5.56 Å². The maximum absolute atomic E-state index is 14.0. The van der Waals surface area contributed by atoms with Crippen molar-refractivity contribution in [2.45, 2.75) is 26.4 Å². The van der Waals surface area contributed by atoms with Gasteiger partial charge in [0.15, 0.2) is 23.1 Å². The van der Waals surface area contributed by atoms with E-state index in [1.807, 2.05) is 13.8 Å². The number of rotatable bonds is 5. The predicted octanol–water partition coefficient (Wildman–Crippen LogP) is 5.02. The van der Waals surface area contributed by atoms with Gasteiger partial charge in [0.1, 0.15) is 0 Å². The Labute approximate surface area is 131 Å². The summed E-state index contributed by atoms with van der Waals surface area (Å²) in [5.41, 5.74) is 0.810. The average molecular weight is 356 g/mol. The van der Waals surface area contributed by atoms with Crippen LogP contribution < -0.4 is 10.1 Å². The summed E-state index contributed by atoms with van der Waals surface area (Å²) in [6.07, 6.45) is 0. The summed E-state index contributed by atoms with van der Waals surface area (Å²) < 4.78 is 33.5. The Morgan fingerprint density at radius 2 is 1.67 bits per heavy atom. The van der Waals surface area contributed by atoms with Crippen LogP contribution in [0.1, 0.15) is 19.4 Å². The molecule has 0 amide bonds. The molecule has 0 heterocycles. The Kier molecular flexibility index (Phi) is 5.31. The van der Waals surface area contributed by atoms with Gasteiger partial charge >= 0.3 is 0 Å². The normalized spacial score (nSPS) is 11.0. The number of hydrogen-bond donors (Lipinski definition) is 1. The summed E-state index contributed by atoms with van der Waals surface area (Å²) in [5.74, 6) is -1.07. The lowest BCUT2D eigenvalue weighted by Crippen LogP contribution is -2.21. The third-order valence-corrected chi connectivity index (χ3v) is 3.32. The molecule has 2 rings (SSSR count). The van der Waals surface area contributed by atoms with E-state index in [1.165, 1.54) is 24.3 Å². The second-order valence-corrected chi connectivity index (χ2v) is 5.89. The van der Waals surface area contributed by atoms with Crippen LogP contribution in [0.5, 0.6) is 11.5 Å². The van der Waals surface area contributed by atoms with Crippen LogP contribution in [0.15, 0.2) is 40.9 Å². The second kappa shape index (κ2) is 7.00. The number of halogens is 3. The standard InChI is InChI=1S/C16H16BrF2NO/c1-10(2)20-9-11-3-5-15(13(18)7-11)21-16-6-4-12(17)8-14(16)19/h3-8,10,20H,9H2,1-2H3. The van der Waals surface area contributed by atoms with Gasteiger partial charge in [-0.3, -0.25) is 0 Å². The third kappa shape index (κ3) is 4.51. The summed E-state index contributed by atoms with van der Waals surface area (Å²) in [7, 11) is 0. The van der Waals surface area contributed by atoms with Crippen LogP contribution >= 0.6 is 15.9 Å². The molecular weight excluding hydrogens is 340 g/mol. The van der Waals surface area contributed by atoms with Crippen LogP contribution in [0.4, 0.5) is 8.78 Å². The molecule has 0 fully saturated rings. The van der Waals surface area contributed by atoms with E-state index in [4.69, 9.17) is 4.74 Å². The lowest BCUT2D eigenvalue weighted by molar-refractivity contribution is 0.414. The molecule has 0 atom stereocenters. The highest BCUT2D eigenvalue weighted by Crippen LogP contribution is 2.29. The largest absolute Gasteiger partial charge is 0.451 e. The maximum Gasteiger partial charge on any atom is 0.166 e. The first-order chi connectivity index (χ1) is 9.95. The average Bonchev–Trinajstić information content (AvgIpc) is 2.42. The SMILES string of the molecule is CC(C)NCc1ccc(Oc2ccc(Br)cc2F)c(F)c1. The fourth-order valence-corrected chi connectivity index (χ4v) is 2.07. The van der Waals surface area contributed by atoms with Crippen LogP contribution in [-0.2, 0) is 6.54 Å². The van der Waals surface area contributed by atoms with Gasteiger partial charge < -0.3 is 10.1 Å². The molecular formula is C16H16BrF2NO. The molecule has 0 radical (unpaired) electrons. The van der Waals surface area contributed by atoms with Gasteiger partial charge in [-0.1, -0.05) is 35.8 Å². The van der Waals surface area contributed by atoms with Crippen molar-refractivity contribution in [1.82, 2.24) is 5.32 Å². The quantitative estimate of drug-likeness (QED) is 0.813. The predicted molar refractivity (Wildman–Crippen MR) is 82.5 cm³/mol. The minimum Gasteiger partial charge on any atom is -0.451 e. The van der Waals surface area contributed by atoms with Gasteiger partial charge in [0, 0.05) is 17.1 Å². The van der Waals surface area contributed by atoms with Crippen LogP contribution in [0.2, 0.25) is 0 Å². The van der Waals surface area contributed by atoms with Crippen molar-refractivity contribution in [3.63, 3.8) is 0 Å². The van der Waals surface area contributed by atoms with E-state index in [0.29, 0.717) is 17.1 Å². The maximum atomic E-state index is 14.0. The van der Waals surface area contributed by atoms with E-state index in [2.05, 4.69) is 21.2 Å². The lowest BCUT2D eigenvalue weighted by Gasteiger charge is -2.11. The van der Waals surface area contributed by atoms with Gasteiger partial charge in [-0.2, -0.15) is 0 Å². The van der Waals surface area contributed by atoms with Crippen molar-refractivity contribution in [3.05, 3.63) is 58.1 Å². The summed E-state index contributed by atoms with van der Waals surface area (Å²) in [6, 6.07) is 9.33. The van der Waals surface area contributed by atoms with Crippen LogP contribution in [0.3, 0.4) is 0 Å². The Hall–Kier alpha value is -1.46. The molecule has 112 valence electrons. The van der Waals surface area contributed by atoms with Crippen molar-refractivity contribution in [2.24, 2.45) is 0 Å². The topological polar surface area (TPSA) is 21.3 Å². The molecule has 0 unspecified atom stereocenters. The highest BCUT2D eigenvalue weighted by atomic mass is 79.9. The van der Waals surface area contributed by atoms with Crippen molar-refractivity contribution in [2.75, 3.05) is 0 Å². The number of hydrogen-bond acceptors (Lipinski definition) is 2. The molecule has 2 nitrogen and oxygen atoms in total. The third-order valence-electron chi connectivity index (χ3n) is 2.82. The van der Waals surface area contributed by atoms with E-state index in [9.17, 15) is 8.78 Å². The molecule has 5 heteroatoms. The van der Waals surface area contributed by atoms with Gasteiger partial charge in [-0.15, -0.1) is 0 Å². The molecule has 0 aromatic heterocycles. The van der Waals surface area contributed by atoms with Crippen molar-refractivity contribution in [1.29, 1.82) is 0 Å². The Bertz CT molecular complexity index is 632. The first kappa shape index (κ1) is 15.9. The van der Waals surface area contributed by atoms with Gasteiger partial charge in [0.2, 0.25) is 0 Å². The van der Waals surface area contributed by atoms with Crippen LogP contribution in [0.25, 0.3) is 0 Å². The summed E-state index contributed by atoms with van der Waals surface area (Å²) in [6.45, 7) is 4.61. The number of benzene rings is 2. The zero-order valence-corrected chi connectivity index (χ0v) is 13.4. The molecule has 1 N–H and O–H groups in total. The molecule has 0 bridgehead atoms. The summed E-state index contributed by atoms with van der Waals surface area (Å²) in [5, 5.41) is 3.20.